The molecular formula is C28H28F9N7O4. The van der Waals surface area contributed by atoms with E-state index in [1.807, 2.05) is 6.92 Å². The summed E-state index contributed by atoms with van der Waals surface area (Å²) in [5.74, 6) is -8.67. The first kappa shape index (κ1) is 35.0. The van der Waals surface area contributed by atoms with Crippen molar-refractivity contribution in [2.24, 2.45) is 5.41 Å². The number of nitrogens with two attached hydrogens (primary N) is 1. The highest BCUT2D eigenvalue weighted by molar-refractivity contribution is 5.96. The van der Waals surface area contributed by atoms with E-state index in [1.54, 1.807) is 6.92 Å². The largest absolute Gasteiger partial charge is 0.490 e. The smallest absolute Gasteiger partial charge is 0.474 e. The lowest BCUT2D eigenvalue weighted by molar-refractivity contribution is -0.202. The first-order valence-electron chi connectivity index (χ1n) is 14.4. The van der Waals surface area contributed by atoms with E-state index in [4.69, 9.17) is 15.2 Å². The molecule has 0 bridgehead atoms. The number of esters is 1. The number of nitrogen functional groups attached to an aromatic ring is 1. The lowest BCUT2D eigenvalue weighted by Gasteiger charge is -2.21. The molecule has 1 aliphatic heterocycles. The Morgan fingerprint density at radius 2 is 1.77 bits per heavy atom. The van der Waals surface area contributed by atoms with Gasteiger partial charge < -0.3 is 30.6 Å². The van der Waals surface area contributed by atoms with E-state index >= 15 is 4.39 Å². The summed E-state index contributed by atoms with van der Waals surface area (Å²) in [6, 6.07) is -0.119. The van der Waals surface area contributed by atoms with Crippen LogP contribution in [0.1, 0.15) is 37.9 Å². The topological polar surface area (TPSA) is 146 Å². The third-order valence-electron chi connectivity index (χ3n) is 7.80. The van der Waals surface area contributed by atoms with E-state index in [0.29, 0.717) is 13.0 Å². The molecule has 2 aliphatic rings. The molecular weight excluding hydrogens is 669 g/mol. The van der Waals surface area contributed by atoms with Crippen molar-refractivity contribution >= 4 is 28.5 Å². The predicted octanol–water partition coefficient (Wildman–Crippen LogP) is 5.21. The van der Waals surface area contributed by atoms with Crippen molar-refractivity contribution in [1.29, 1.82) is 0 Å². The molecule has 0 radical (unpaired) electrons. The van der Waals surface area contributed by atoms with Gasteiger partial charge in [0.25, 0.3) is 5.92 Å². The van der Waals surface area contributed by atoms with Crippen LogP contribution in [0.25, 0.3) is 22.2 Å². The molecule has 3 aromatic rings. The normalized spacial score (nSPS) is 22.7. The minimum atomic E-state index is -5.44. The summed E-state index contributed by atoms with van der Waals surface area (Å²) < 4.78 is 141. The fourth-order valence-electron chi connectivity index (χ4n) is 5.36. The second-order valence-corrected chi connectivity index (χ2v) is 11.7. The van der Waals surface area contributed by atoms with Crippen LogP contribution in [0, 0.1) is 18.2 Å². The van der Waals surface area contributed by atoms with Crippen LogP contribution in [0.5, 0.6) is 11.9 Å². The second-order valence-electron chi connectivity index (χ2n) is 11.7. The summed E-state index contributed by atoms with van der Waals surface area (Å²) in [6.07, 6.45) is -11.7. The molecule has 0 aromatic carbocycles. The summed E-state index contributed by atoms with van der Waals surface area (Å²) in [7, 11) is 0. The number of rotatable bonds is 6. The van der Waals surface area contributed by atoms with Crippen LogP contribution >= 0.6 is 0 Å². The average molecular weight is 698 g/mol. The van der Waals surface area contributed by atoms with Crippen molar-refractivity contribution < 1.29 is 58.5 Å². The SMILES string of the molecule is Cc1nc(N)cc(-c2nc3c4c(nc(OCC5(COC(=O)C(F)(F)F)CC5(F)F)nc4c2F)NCCNC(C)CC(C)O3)c1C(F)(F)F. The molecule has 48 heavy (non-hydrogen) atoms. The molecule has 4 heterocycles. The maximum Gasteiger partial charge on any atom is 0.490 e. The monoisotopic (exact) mass is 697 g/mol. The fourth-order valence-corrected chi connectivity index (χ4v) is 5.36. The number of carbonyl (C=O) groups is 1. The summed E-state index contributed by atoms with van der Waals surface area (Å²) in [6.45, 7) is 2.55. The Hall–Kier alpha value is -4.36. The first-order valence-corrected chi connectivity index (χ1v) is 14.4. The number of hydrogen-bond acceptors (Lipinski definition) is 11. The van der Waals surface area contributed by atoms with Crippen molar-refractivity contribution in [3.8, 4) is 23.1 Å². The van der Waals surface area contributed by atoms with Crippen LogP contribution in [-0.2, 0) is 15.7 Å². The molecule has 0 spiro atoms. The number of ether oxygens (including phenoxy) is 3. The highest BCUT2D eigenvalue weighted by atomic mass is 19.4. The van der Waals surface area contributed by atoms with Gasteiger partial charge in [0.1, 0.15) is 46.9 Å². The van der Waals surface area contributed by atoms with Crippen molar-refractivity contribution in [3.63, 3.8) is 0 Å². The van der Waals surface area contributed by atoms with Gasteiger partial charge in [-0.2, -0.15) is 36.3 Å². The van der Waals surface area contributed by atoms with Gasteiger partial charge in [0.05, 0.1) is 17.4 Å². The maximum absolute atomic E-state index is 16.5. The van der Waals surface area contributed by atoms with Gasteiger partial charge in [-0.15, -0.1) is 0 Å². The number of nitrogens with zero attached hydrogens (tertiary/aromatic N) is 4. The Morgan fingerprint density at radius 3 is 2.40 bits per heavy atom. The van der Waals surface area contributed by atoms with Gasteiger partial charge in [0.15, 0.2) is 5.82 Å². The molecule has 4 N–H and O–H groups in total. The second kappa shape index (κ2) is 12.3. The van der Waals surface area contributed by atoms with Crippen LogP contribution < -0.4 is 25.8 Å². The van der Waals surface area contributed by atoms with Gasteiger partial charge in [0.2, 0.25) is 5.88 Å². The van der Waals surface area contributed by atoms with Gasteiger partial charge in [0, 0.05) is 31.1 Å². The zero-order chi connectivity index (χ0) is 35.4. The van der Waals surface area contributed by atoms with Crippen molar-refractivity contribution in [2.75, 3.05) is 37.4 Å². The minimum Gasteiger partial charge on any atom is -0.474 e. The number of aryl methyl sites for hydroxylation is 1. The molecule has 3 atom stereocenters. The van der Waals surface area contributed by atoms with Crippen molar-refractivity contribution in [2.45, 2.75) is 64.0 Å². The Labute approximate surface area is 265 Å². The van der Waals surface area contributed by atoms with E-state index in [-0.39, 0.29) is 35.5 Å². The number of aromatic nitrogens is 4. The lowest BCUT2D eigenvalue weighted by Crippen LogP contribution is -2.34. The Morgan fingerprint density at radius 1 is 1.08 bits per heavy atom. The van der Waals surface area contributed by atoms with Gasteiger partial charge in [-0.1, -0.05) is 0 Å². The van der Waals surface area contributed by atoms with Gasteiger partial charge in [-0.3, -0.25) is 0 Å². The average Bonchev–Trinajstić information content (AvgIpc) is 3.52. The number of pyridine rings is 2. The molecule has 3 aromatic heterocycles. The summed E-state index contributed by atoms with van der Waals surface area (Å²) in [4.78, 5) is 27.0. The molecule has 0 amide bonds. The Kier molecular flexibility index (Phi) is 8.93. The van der Waals surface area contributed by atoms with E-state index < -0.39 is 95.3 Å². The van der Waals surface area contributed by atoms with Crippen molar-refractivity contribution in [1.82, 2.24) is 25.3 Å². The number of halogens is 9. The molecule has 20 heteroatoms. The molecule has 1 saturated carbocycles. The molecule has 5 rings (SSSR count). The van der Waals surface area contributed by atoms with Gasteiger partial charge in [-0.25, -0.2) is 27.9 Å². The number of anilines is 2. The maximum atomic E-state index is 16.5. The van der Waals surface area contributed by atoms with E-state index in [0.717, 1.165) is 13.0 Å². The molecule has 262 valence electrons. The number of nitrogens with one attached hydrogen (secondary N) is 2. The third kappa shape index (κ3) is 6.93. The number of hydrogen-bond donors (Lipinski definition) is 3. The summed E-state index contributed by atoms with van der Waals surface area (Å²) in [5.41, 5.74) is -0.919. The first-order chi connectivity index (χ1) is 22.2. The fraction of sp³-hybridized carbons (Fsp3) is 0.536. The predicted molar refractivity (Wildman–Crippen MR) is 150 cm³/mol. The summed E-state index contributed by atoms with van der Waals surface area (Å²) in [5, 5.41) is 5.88. The highest BCUT2D eigenvalue weighted by Gasteiger charge is 2.73. The van der Waals surface area contributed by atoms with Crippen LogP contribution in [0.15, 0.2) is 6.07 Å². The van der Waals surface area contributed by atoms with Gasteiger partial charge >= 0.3 is 24.3 Å². The quantitative estimate of drug-likeness (QED) is 0.231. The molecule has 11 nitrogen and oxygen atoms in total. The third-order valence-corrected chi connectivity index (χ3v) is 7.80. The van der Waals surface area contributed by atoms with Crippen LogP contribution in [-0.4, -0.2) is 76.5 Å². The van der Waals surface area contributed by atoms with Crippen molar-refractivity contribution in [3.05, 3.63) is 23.1 Å². The zero-order valence-electron chi connectivity index (χ0n) is 25.4. The van der Waals surface area contributed by atoms with E-state index in [1.165, 1.54) is 0 Å². The van der Waals surface area contributed by atoms with Crippen LogP contribution in [0.4, 0.5) is 51.1 Å². The minimum absolute atomic E-state index is 0.120. The number of carbonyl (C=O) groups excluding carboxylic acids is 1. The molecule has 1 fully saturated rings. The van der Waals surface area contributed by atoms with E-state index in [9.17, 15) is 39.9 Å². The standard InChI is InChI=1S/C28H28F9N7O4/c1-11-6-12(2)48-22-16-20(18(29)19(42-22)14-7-15(38)41-13(3)17(14)27(32,33)34)43-24(44-21(16)40-5-4-39-11)47-10-25(8-26(25,30)31)9-46-23(45)28(35,36)37/h7,11-12,39H,4-6,8-10H2,1-3H3,(H2,38,41)(H,40,43,44). The molecule has 0 saturated heterocycles. The Balaban J connectivity index is 1.65. The van der Waals surface area contributed by atoms with Crippen LogP contribution in [0.3, 0.4) is 0 Å². The Bertz CT molecular complexity index is 1740. The number of alkyl halides is 8. The highest BCUT2D eigenvalue weighted by Crippen LogP contribution is 2.60. The lowest BCUT2D eigenvalue weighted by atomic mass is 10.0. The van der Waals surface area contributed by atoms with E-state index in [2.05, 4.69) is 35.3 Å². The zero-order valence-corrected chi connectivity index (χ0v) is 25.4. The van der Waals surface area contributed by atoms with Gasteiger partial charge in [-0.05, 0) is 33.3 Å². The van der Waals surface area contributed by atoms with Crippen LogP contribution in [0.2, 0.25) is 0 Å². The molecule has 3 unspecified atom stereocenters. The molecule has 1 aliphatic carbocycles. The summed E-state index contributed by atoms with van der Waals surface area (Å²) >= 11 is 0.